The van der Waals surface area contributed by atoms with E-state index in [2.05, 4.69) is 48.5 Å². The zero-order valence-corrected chi connectivity index (χ0v) is 16.0. The van der Waals surface area contributed by atoms with Crippen molar-refractivity contribution in [2.75, 3.05) is 6.61 Å². The molecule has 0 saturated heterocycles. The highest BCUT2D eigenvalue weighted by molar-refractivity contribution is 5.61. The summed E-state index contributed by atoms with van der Waals surface area (Å²) in [5.74, 6) is 2.45. The second-order valence-electron chi connectivity index (χ2n) is 6.35. The van der Waals surface area contributed by atoms with Crippen LogP contribution >= 0.6 is 0 Å². The molecule has 4 nitrogen and oxygen atoms in total. The van der Waals surface area contributed by atoms with Gasteiger partial charge in [-0.2, -0.15) is 0 Å². The highest BCUT2D eigenvalue weighted by Gasteiger charge is 2.12. The van der Waals surface area contributed by atoms with Gasteiger partial charge in [-0.1, -0.05) is 23.8 Å². The van der Waals surface area contributed by atoms with Crippen molar-refractivity contribution in [2.24, 2.45) is 0 Å². The molecule has 4 heteroatoms. The Morgan fingerprint density at radius 1 is 0.962 bits per heavy atom. The van der Waals surface area contributed by atoms with Crippen LogP contribution in [0, 0.1) is 13.8 Å². The topological polar surface area (TPSA) is 36.3 Å². The molecule has 2 aromatic carbocycles. The van der Waals surface area contributed by atoms with Crippen LogP contribution in [0.4, 0.5) is 0 Å². The fraction of sp³-hybridized carbons (Fsp3) is 0.318. The van der Waals surface area contributed by atoms with Crippen molar-refractivity contribution in [3.05, 3.63) is 65.5 Å². The van der Waals surface area contributed by atoms with Gasteiger partial charge >= 0.3 is 0 Å². The molecular formula is C22H26N2O2. The number of nitrogens with zero attached hydrogens (tertiary/aromatic N) is 2. The van der Waals surface area contributed by atoms with Crippen LogP contribution in [0.15, 0.2) is 48.8 Å². The van der Waals surface area contributed by atoms with Crippen molar-refractivity contribution in [3.8, 4) is 22.9 Å². The smallest absolute Gasteiger partial charge is 0.161 e. The highest BCUT2D eigenvalue weighted by Crippen LogP contribution is 2.33. The monoisotopic (exact) mass is 350 g/mol. The summed E-state index contributed by atoms with van der Waals surface area (Å²) < 4.78 is 14.0. The number of hydrogen-bond donors (Lipinski definition) is 0. The van der Waals surface area contributed by atoms with Crippen molar-refractivity contribution in [2.45, 2.75) is 40.8 Å². The van der Waals surface area contributed by atoms with Crippen molar-refractivity contribution in [1.29, 1.82) is 0 Å². The molecular weight excluding hydrogens is 324 g/mol. The Morgan fingerprint density at radius 2 is 1.81 bits per heavy atom. The summed E-state index contributed by atoms with van der Waals surface area (Å²) in [6.07, 6.45) is 3.81. The quantitative estimate of drug-likeness (QED) is 0.590. The summed E-state index contributed by atoms with van der Waals surface area (Å²) >= 11 is 0. The molecule has 1 aromatic heterocycles. The van der Waals surface area contributed by atoms with Gasteiger partial charge in [-0.25, -0.2) is 4.98 Å². The van der Waals surface area contributed by atoms with Crippen LogP contribution in [0.1, 0.15) is 30.5 Å². The maximum atomic E-state index is 6.09. The lowest BCUT2D eigenvalue weighted by atomic mass is 10.1. The van der Waals surface area contributed by atoms with E-state index in [4.69, 9.17) is 9.47 Å². The number of benzene rings is 2. The van der Waals surface area contributed by atoms with E-state index in [0.29, 0.717) is 13.2 Å². The summed E-state index contributed by atoms with van der Waals surface area (Å²) in [6, 6.07) is 12.4. The Balaban J connectivity index is 1.86. The maximum Gasteiger partial charge on any atom is 0.161 e. The minimum absolute atomic E-state index is 0.524. The van der Waals surface area contributed by atoms with Gasteiger partial charge in [0.1, 0.15) is 12.4 Å². The van der Waals surface area contributed by atoms with E-state index in [-0.39, 0.29) is 0 Å². The van der Waals surface area contributed by atoms with Crippen LogP contribution in [0.5, 0.6) is 11.5 Å². The van der Waals surface area contributed by atoms with Crippen molar-refractivity contribution >= 4 is 0 Å². The third-order valence-corrected chi connectivity index (χ3v) is 4.45. The molecule has 0 radical (unpaired) electrons. The van der Waals surface area contributed by atoms with Gasteiger partial charge in [0.25, 0.3) is 0 Å². The Morgan fingerprint density at radius 3 is 2.58 bits per heavy atom. The van der Waals surface area contributed by atoms with Gasteiger partial charge in [0.15, 0.2) is 11.5 Å². The van der Waals surface area contributed by atoms with E-state index in [1.54, 1.807) is 0 Å². The molecule has 136 valence electrons. The van der Waals surface area contributed by atoms with Crippen LogP contribution in [0.2, 0.25) is 0 Å². The van der Waals surface area contributed by atoms with Crippen molar-refractivity contribution in [3.63, 3.8) is 0 Å². The normalized spacial score (nSPS) is 10.8. The zero-order valence-electron chi connectivity index (χ0n) is 16.0. The Kier molecular flexibility index (Phi) is 5.61. The fourth-order valence-corrected chi connectivity index (χ4v) is 2.97. The molecule has 3 aromatic rings. The number of aromatic nitrogens is 2. The van der Waals surface area contributed by atoms with Gasteiger partial charge < -0.3 is 14.0 Å². The second-order valence-corrected chi connectivity index (χ2v) is 6.35. The van der Waals surface area contributed by atoms with E-state index in [1.807, 2.05) is 37.5 Å². The number of ether oxygens (including phenoxy) is 2. The molecule has 0 fully saturated rings. The van der Waals surface area contributed by atoms with Crippen LogP contribution < -0.4 is 9.47 Å². The molecule has 0 aliphatic carbocycles. The van der Waals surface area contributed by atoms with Crippen LogP contribution in [0.3, 0.4) is 0 Å². The SMILES string of the molecule is CCOc1cc(-c2nccn2CC)ccc1OCc1cc(C)ccc1C. The average molecular weight is 350 g/mol. The number of aryl methyl sites for hydroxylation is 3. The Bertz CT molecular complexity index is 884. The first-order chi connectivity index (χ1) is 12.6. The van der Waals surface area contributed by atoms with Gasteiger partial charge in [0.05, 0.1) is 6.61 Å². The summed E-state index contributed by atoms with van der Waals surface area (Å²) in [5, 5.41) is 0. The Labute approximate surface area is 155 Å². The molecule has 1 heterocycles. The molecule has 0 bridgehead atoms. The summed E-state index contributed by atoms with van der Waals surface area (Å²) in [7, 11) is 0. The van der Waals surface area contributed by atoms with Crippen molar-refractivity contribution < 1.29 is 9.47 Å². The molecule has 3 rings (SSSR count). The molecule has 0 atom stereocenters. The average Bonchev–Trinajstić information content (AvgIpc) is 3.12. The van der Waals surface area contributed by atoms with Gasteiger partial charge in [-0.3, -0.25) is 0 Å². The number of hydrogen-bond acceptors (Lipinski definition) is 3. The third kappa shape index (κ3) is 3.90. The summed E-state index contributed by atoms with van der Waals surface area (Å²) in [5.41, 5.74) is 4.69. The second kappa shape index (κ2) is 8.09. The largest absolute Gasteiger partial charge is 0.490 e. The zero-order chi connectivity index (χ0) is 18.5. The molecule has 0 aliphatic rings. The first-order valence-electron chi connectivity index (χ1n) is 9.09. The first-order valence-corrected chi connectivity index (χ1v) is 9.09. The van der Waals surface area contributed by atoms with Crippen molar-refractivity contribution in [1.82, 2.24) is 9.55 Å². The van der Waals surface area contributed by atoms with E-state index in [9.17, 15) is 0 Å². The number of imidazole rings is 1. The lowest BCUT2D eigenvalue weighted by Gasteiger charge is -2.15. The van der Waals surface area contributed by atoms with Gasteiger partial charge in [-0.15, -0.1) is 0 Å². The lowest BCUT2D eigenvalue weighted by Crippen LogP contribution is -2.02. The lowest BCUT2D eigenvalue weighted by molar-refractivity contribution is 0.269. The molecule has 0 amide bonds. The van der Waals surface area contributed by atoms with E-state index in [1.165, 1.54) is 16.7 Å². The first kappa shape index (κ1) is 18.1. The predicted molar refractivity (Wildman–Crippen MR) is 105 cm³/mol. The third-order valence-electron chi connectivity index (χ3n) is 4.45. The molecule has 0 aliphatic heterocycles. The minimum Gasteiger partial charge on any atom is -0.490 e. The van der Waals surface area contributed by atoms with Crippen LogP contribution in [0.25, 0.3) is 11.4 Å². The van der Waals surface area contributed by atoms with Gasteiger partial charge in [0, 0.05) is 24.5 Å². The van der Waals surface area contributed by atoms with Crippen LogP contribution in [-0.2, 0) is 13.2 Å². The minimum atomic E-state index is 0.524. The highest BCUT2D eigenvalue weighted by atomic mass is 16.5. The molecule has 26 heavy (non-hydrogen) atoms. The predicted octanol–water partition coefficient (Wildman–Crippen LogP) is 5.16. The van der Waals surface area contributed by atoms with Gasteiger partial charge in [-0.05, 0) is 57.0 Å². The standard InChI is InChI=1S/C22H26N2O2/c1-5-24-12-11-23-22(24)18-9-10-20(21(14-18)25-6-2)26-15-19-13-16(3)7-8-17(19)4/h7-14H,5-6,15H2,1-4H3. The Hall–Kier alpha value is -2.75. The number of rotatable bonds is 7. The molecule has 0 unspecified atom stereocenters. The molecule has 0 saturated carbocycles. The fourth-order valence-electron chi connectivity index (χ4n) is 2.97. The summed E-state index contributed by atoms with van der Waals surface area (Å²) in [4.78, 5) is 4.47. The van der Waals surface area contributed by atoms with E-state index in [0.717, 1.165) is 29.4 Å². The summed E-state index contributed by atoms with van der Waals surface area (Å²) in [6.45, 7) is 10.3. The maximum absolute atomic E-state index is 6.09. The molecule has 0 N–H and O–H groups in total. The van der Waals surface area contributed by atoms with E-state index >= 15 is 0 Å². The van der Waals surface area contributed by atoms with Gasteiger partial charge in [0.2, 0.25) is 0 Å². The van der Waals surface area contributed by atoms with Crippen LogP contribution in [-0.4, -0.2) is 16.2 Å². The molecule has 0 spiro atoms. The van der Waals surface area contributed by atoms with E-state index < -0.39 is 0 Å².